The predicted octanol–water partition coefficient (Wildman–Crippen LogP) is 1.39. The molecule has 0 aliphatic carbocycles. The number of carbonyl (C=O) groups is 4. The molecule has 4 heterocycles. The first kappa shape index (κ1) is 30.2. The summed E-state index contributed by atoms with van der Waals surface area (Å²) < 4.78 is 5.59. The number of hydrogen-bond acceptors (Lipinski definition) is 6. The highest BCUT2D eigenvalue weighted by Gasteiger charge is 2.41. The third kappa shape index (κ3) is 7.39. The summed E-state index contributed by atoms with van der Waals surface area (Å²) in [6, 6.07) is 9.08. The number of fused-ring (bicyclic) bond motifs is 1. The molecule has 42 heavy (non-hydrogen) atoms. The highest BCUT2D eigenvalue weighted by molar-refractivity contribution is 5.90. The normalized spacial score (nSPS) is 28.5. The number of carbonyl (C=O) groups excluding carboxylic acids is 4. The van der Waals surface area contributed by atoms with Crippen molar-refractivity contribution in [1.82, 2.24) is 20.4 Å². The van der Waals surface area contributed by atoms with Crippen LogP contribution in [-0.2, 0) is 30.3 Å². The van der Waals surface area contributed by atoms with Gasteiger partial charge in [-0.2, -0.15) is 0 Å². The lowest BCUT2D eigenvalue weighted by Gasteiger charge is -2.41. The first-order valence-electron chi connectivity index (χ1n) is 15.5. The van der Waals surface area contributed by atoms with Gasteiger partial charge in [0.1, 0.15) is 6.04 Å². The molecule has 228 valence electrons. The van der Waals surface area contributed by atoms with E-state index in [9.17, 15) is 19.2 Å². The van der Waals surface area contributed by atoms with E-state index >= 15 is 0 Å². The van der Waals surface area contributed by atoms with Gasteiger partial charge in [-0.3, -0.25) is 24.1 Å². The van der Waals surface area contributed by atoms with Gasteiger partial charge in [0.15, 0.2) is 0 Å². The molecule has 3 fully saturated rings. The van der Waals surface area contributed by atoms with Crippen LogP contribution in [0.15, 0.2) is 42.5 Å². The van der Waals surface area contributed by atoms with Gasteiger partial charge in [0.25, 0.3) is 0 Å². The summed E-state index contributed by atoms with van der Waals surface area (Å²) in [5.74, 6) is -0.434. The minimum absolute atomic E-state index is 0.0496. The molecular formula is C32H45N5O5. The first-order valence-corrected chi connectivity index (χ1v) is 15.5. The summed E-state index contributed by atoms with van der Waals surface area (Å²) in [5, 5.41) is 6.43. The topological polar surface area (TPSA) is 134 Å². The molecule has 0 saturated carbocycles. The van der Waals surface area contributed by atoms with E-state index < -0.39 is 11.5 Å². The molecule has 4 amide bonds. The second-order valence-corrected chi connectivity index (χ2v) is 12.5. The fourth-order valence-corrected chi connectivity index (χ4v) is 6.90. The van der Waals surface area contributed by atoms with Gasteiger partial charge in [0.05, 0.1) is 12.0 Å². The molecule has 1 spiro atoms. The quantitative estimate of drug-likeness (QED) is 0.452. The standard InChI is InChI=1S/C32H45N5O5/c33-29(39)24-9-16-37(17-10-24)28(38)22-36-15-11-26-25(21-36)8-4-5-12-32(13-18-42-19-14-32)31(41)35-27(30(40)34-26)20-23-6-2-1-3-7-23/h1-7,24-27H,8-22H2,(H2,33,39)(H,34,40)(H,35,41)/b5-4+/t25-,26+,27+/m0/s1. The summed E-state index contributed by atoms with van der Waals surface area (Å²) in [5.41, 5.74) is 5.86. The van der Waals surface area contributed by atoms with E-state index in [2.05, 4.69) is 27.7 Å². The third-order valence-electron chi connectivity index (χ3n) is 9.70. The average molecular weight is 580 g/mol. The van der Waals surface area contributed by atoms with Gasteiger partial charge in [0.2, 0.25) is 23.6 Å². The Kier molecular flexibility index (Phi) is 9.95. The zero-order valence-corrected chi connectivity index (χ0v) is 24.5. The van der Waals surface area contributed by atoms with Crippen LogP contribution in [0.1, 0.15) is 50.5 Å². The Morgan fingerprint density at radius 2 is 1.71 bits per heavy atom. The lowest BCUT2D eigenvalue weighted by Crippen LogP contribution is -2.58. The number of nitrogens with one attached hydrogen (secondary N) is 2. The maximum atomic E-state index is 13.8. The molecule has 3 atom stereocenters. The van der Waals surface area contributed by atoms with Gasteiger partial charge < -0.3 is 26.0 Å². The van der Waals surface area contributed by atoms with Crippen LogP contribution in [0.3, 0.4) is 0 Å². The maximum Gasteiger partial charge on any atom is 0.243 e. The molecule has 1 aromatic rings. The molecule has 4 aliphatic rings. The van der Waals surface area contributed by atoms with Crippen LogP contribution in [0.4, 0.5) is 0 Å². The average Bonchev–Trinajstić information content (AvgIpc) is 3.00. The van der Waals surface area contributed by atoms with Crippen molar-refractivity contribution < 1.29 is 23.9 Å². The first-order chi connectivity index (χ1) is 20.3. The lowest BCUT2D eigenvalue weighted by molar-refractivity contribution is -0.140. The lowest BCUT2D eigenvalue weighted by atomic mass is 9.75. The van der Waals surface area contributed by atoms with Crippen molar-refractivity contribution in [1.29, 1.82) is 0 Å². The Bertz CT molecular complexity index is 1140. The van der Waals surface area contributed by atoms with Gasteiger partial charge in [-0.05, 0) is 56.4 Å². The number of nitrogens with two attached hydrogens (primary N) is 1. The van der Waals surface area contributed by atoms with Crippen molar-refractivity contribution in [3.05, 3.63) is 48.0 Å². The van der Waals surface area contributed by atoms with Gasteiger partial charge in [-0.1, -0.05) is 42.5 Å². The zero-order chi connectivity index (χ0) is 29.5. The number of benzene rings is 1. The van der Waals surface area contributed by atoms with Crippen molar-refractivity contribution >= 4 is 23.6 Å². The highest BCUT2D eigenvalue weighted by atomic mass is 16.5. The van der Waals surface area contributed by atoms with E-state index in [0.717, 1.165) is 18.4 Å². The summed E-state index contributed by atoms with van der Waals surface area (Å²) in [7, 11) is 0. The molecular weight excluding hydrogens is 534 g/mol. The summed E-state index contributed by atoms with van der Waals surface area (Å²) in [6.45, 7) is 3.92. The number of amides is 4. The van der Waals surface area contributed by atoms with Crippen LogP contribution >= 0.6 is 0 Å². The zero-order valence-electron chi connectivity index (χ0n) is 24.5. The molecule has 5 rings (SSSR count). The molecule has 3 saturated heterocycles. The number of nitrogens with zero attached hydrogens (tertiary/aromatic N) is 2. The van der Waals surface area contributed by atoms with Crippen molar-refractivity contribution in [3.8, 4) is 0 Å². The molecule has 0 unspecified atom stereocenters. The van der Waals surface area contributed by atoms with E-state index in [1.165, 1.54) is 0 Å². The predicted molar refractivity (Wildman–Crippen MR) is 158 cm³/mol. The minimum atomic E-state index is -0.674. The minimum Gasteiger partial charge on any atom is -0.381 e. The molecule has 10 heteroatoms. The van der Waals surface area contributed by atoms with E-state index in [0.29, 0.717) is 84.5 Å². The van der Waals surface area contributed by atoms with Crippen LogP contribution in [0, 0.1) is 17.3 Å². The van der Waals surface area contributed by atoms with E-state index in [4.69, 9.17) is 10.5 Å². The van der Waals surface area contributed by atoms with E-state index in [-0.39, 0.29) is 41.5 Å². The number of likely N-dealkylation sites (tertiary alicyclic amines) is 2. The molecule has 0 aromatic heterocycles. The van der Waals surface area contributed by atoms with E-state index in [1.54, 1.807) is 0 Å². The highest BCUT2D eigenvalue weighted by Crippen LogP contribution is 2.36. The fraction of sp³-hybridized carbons (Fsp3) is 0.625. The molecule has 1 aromatic carbocycles. The summed E-state index contributed by atoms with van der Waals surface area (Å²) >= 11 is 0. The molecule has 10 nitrogen and oxygen atoms in total. The number of allylic oxidation sites excluding steroid dienone is 2. The fourth-order valence-electron chi connectivity index (χ4n) is 6.90. The van der Waals surface area contributed by atoms with Gasteiger partial charge in [-0.15, -0.1) is 0 Å². The second kappa shape index (κ2) is 13.8. The Morgan fingerprint density at radius 3 is 2.43 bits per heavy atom. The number of piperidine rings is 2. The number of hydrogen-bond donors (Lipinski definition) is 3. The molecule has 0 bridgehead atoms. The second-order valence-electron chi connectivity index (χ2n) is 12.5. The van der Waals surface area contributed by atoms with Gasteiger partial charge >= 0.3 is 0 Å². The largest absolute Gasteiger partial charge is 0.381 e. The summed E-state index contributed by atoms with van der Waals surface area (Å²) in [4.78, 5) is 56.2. The van der Waals surface area contributed by atoms with Crippen molar-refractivity contribution in [2.24, 2.45) is 23.0 Å². The Morgan fingerprint density at radius 1 is 0.976 bits per heavy atom. The summed E-state index contributed by atoms with van der Waals surface area (Å²) in [6.07, 6.45) is 9.30. The molecule has 4 N–H and O–H groups in total. The Labute approximate surface area is 248 Å². The third-order valence-corrected chi connectivity index (χ3v) is 9.70. The number of ether oxygens (including phenoxy) is 1. The van der Waals surface area contributed by atoms with Gasteiger partial charge in [-0.25, -0.2) is 0 Å². The smallest absolute Gasteiger partial charge is 0.243 e. The number of rotatable bonds is 5. The van der Waals surface area contributed by atoms with E-state index in [1.807, 2.05) is 35.2 Å². The van der Waals surface area contributed by atoms with Crippen LogP contribution in [-0.4, -0.2) is 91.4 Å². The van der Waals surface area contributed by atoms with Crippen LogP contribution < -0.4 is 16.4 Å². The maximum absolute atomic E-state index is 13.8. The van der Waals surface area contributed by atoms with Crippen LogP contribution in [0.2, 0.25) is 0 Å². The SMILES string of the molecule is NC(=O)C1CCN(C(=O)CN2CC[C@H]3NC(=O)[C@@H](Cc4ccccc4)NC(=O)C4(C/C=C/C[C@H]3C2)CCOCC4)CC1. The van der Waals surface area contributed by atoms with Gasteiger partial charge in [0, 0.05) is 57.8 Å². The van der Waals surface area contributed by atoms with Crippen LogP contribution in [0.25, 0.3) is 0 Å². The molecule has 0 radical (unpaired) electrons. The Balaban J connectivity index is 1.29. The number of primary amides is 1. The van der Waals surface area contributed by atoms with Crippen LogP contribution in [0.5, 0.6) is 0 Å². The Hall–Kier alpha value is -3.24. The van der Waals surface area contributed by atoms with Crippen molar-refractivity contribution in [2.45, 2.75) is 63.5 Å². The van der Waals surface area contributed by atoms with Crippen molar-refractivity contribution in [2.75, 3.05) is 45.9 Å². The van der Waals surface area contributed by atoms with Crippen molar-refractivity contribution in [3.63, 3.8) is 0 Å². The molecule has 4 aliphatic heterocycles. The monoisotopic (exact) mass is 579 g/mol.